The van der Waals surface area contributed by atoms with Crippen LogP contribution in [0.2, 0.25) is 0 Å². The van der Waals surface area contributed by atoms with E-state index < -0.39 is 32.8 Å². The Kier molecular flexibility index (Phi) is 4.91. The van der Waals surface area contributed by atoms with Gasteiger partial charge in [0.15, 0.2) is 9.84 Å². The molecule has 0 radical (unpaired) electrons. The van der Waals surface area contributed by atoms with Crippen molar-refractivity contribution in [3.63, 3.8) is 0 Å². The second-order valence-corrected chi connectivity index (χ2v) is 6.82. The third-order valence-electron chi connectivity index (χ3n) is 2.60. The van der Waals surface area contributed by atoms with Crippen LogP contribution in [0.3, 0.4) is 0 Å². The predicted octanol–water partition coefficient (Wildman–Crippen LogP) is -0.958. The molecule has 0 bridgehead atoms. The Hall–Kier alpha value is -0.660. The molecule has 100 valence electrons. The van der Waals surface area contributed by atoms with E-state index in [1.807, 2.05) is 0 Å². The van der Waals surface area contributed by atoms with E-state index in [9.17, 15) is 13.2 Å². The van der Waals surface area contributed by atoms with Gasteiger partial charge < -0.3 is 15.8 Å². The zero-order valence-electron chi connectivity index (χ0n) is 10.2. The zero-order valence-corrected chi connectivity index (χ0v) is 11.0. The highest BCUT2D eigenvalue weighted by molar-refractivity contribution is 7.92. The summed E-state index contributed by atoms with van der Waals surface area (Å²) in [6, 6.07) is -0.519. The summed E-state index contributed by atoms with van der Waals surface area (Å²) in [6.45, 7) is 4.11. The molecule has 0 aromatic rings. The Morgan fingerprint density at radius 3 is 2.71 bits per heavy atom. The summed E-state index contributed by atoms with van der Waals surface area (Å²) in [5.74, 6) is -1.01. The Balaban J connectivity index is 2.64. The lowest BCUT2D eigenvalue weighted by Crippen LogP contribution is -2.50. The van der Waals surface area contributed by atoms with Gasteiger partial charge in [-0.15, -0.1) is 0 Å². The van der Waals surface area contributed by atoms with Gasteiger partial charge in [0.25, 0.3) is 0 Å². The Morgan fingerprint density at radius 2 is 2.18 bits per heavy atom. The molecule has 1 aliphatic rings. The molecule has 0 aromatic heterocycles. The number of ether oxygens (including phenoxy) is 1. The molecule has 1 aliphatic heterocycles. The van der Waals surface area contributed by atoms with Crippen molar-refractivity contribution in [2.45, 2.75) is 37.6 Å². The molecule has 0 aliphatic carbocycles. The molecule has 7 heteroatoms. The van der Waals surface area contributed by atoms with Crippen LogP contribution >= 0.6 is 0 Å². The summed E-state index contributed by atoms with van der Waals surface area (Å²) in [5.41, 5.74) is 5.75. The average molecular weight is 264 g/mol. The first-order valence-electron chi connectivity index (χ1n) is 5.67. The molecule has 6 nitrogen and oxygen atoms in total. The van der Waals surface area contributed by atoms with Gasteiger partial charge in [-0.2, -0.15) is 0 Å². The molecule has 1 amide bonds. The monoisotopic (exact) mass is 264 g/mol. The maximum absolute atomic E-state index is 12.0. The first-order chi connectivity index (χ1) is 7.83. The molecule has 1 heterocycles. The molecule has 0 spiro atoms. The van der Waals surface area contributed by atoms with Gasteiger partial charge in [-0.25, -0.2) is 8.42 Å². The molecule has 0 aromatic carbocycles. The molecule has 3 N–H and O–H groups in total. The number of nitrogens with two attached hydrogens (primary N) is 1. The number of hydrogen-bond donors (Lipinski definition) is 2. The number of amides is 1. The Morgan fingerprint density at radius 1 is 1.53 bits per heavy atom. The highest BCUT2D eigenvalue weighted by Gasteiger charge is 2.35. The van der Waals surface area contributed by atoms with Crippen LogP contribution in [-0.4, -0.2) is 50.6 Å². The fourth-order valence-electron chi connectivity index (χ4n) is 1.75. The molecular weight excluding hydrogens is 244 g/mol. The van der Waals surface area contributed by atoms with Crippen LogP contribution in [0.5, 0.6) is 0 Å². The van der Waals surface area contributed by atoms with E-state index in [2.05, 4.69) is 5.32 Å². The quantitative estimate of drug-likeness (QED) is 0.681. The summed E-state index contributed by atoms with van der Waals surface area (Å²) in [4.78, 5) is 11.4. The van der Waals surface area contributed by atoms with Crippen LogP contribution in [0.25, 0.3) is 0 Å². The fraction of sp³-hybridized carbons (Fsp3) is 0.900. The van der Waals surface area contributed by atoms with Crippen LogP contribution in [0, 0.1) is 0 Å². The van der Waals surface area contributed by atoms with Crippen molar-refractivity contribution in [1.82, 2.24) is 5.32 Å². The van der Waals surface area contributed by atoms with Crippen LogP contribution in [0.1, 0.15) is 20.3 Å². The number of nitrogens with one attached hydrogen (secondary N) is 1. The van der Waals surface area contributed by atoms with Crippen molar-refractivity contribution >= 4 is 15.7 Å². The molecule has 2 atom stereocenters. The van der Waals surface area contributed by atoms with Gasteiger partial charge >= 0.3 is 0 Å². The number of sulfone groups is 1. The van der Waals surface area contributed by atoms with Gasteiger partial charge in [0.2, 0.25) is 5.91 Å². The SMILES string of the molecule is CC(C)NC(=O)CS(=O)(=O)C1COCCC1N. The van der Waals surface area contributed by atoms with Crippen LogP contribution < -0.4 is 11.1 Å². The molecule has 2 unspecified atom stereocenters. The third-order valence-corrected chi connectivity index (χ3v) is 4.67. The fourth-order valence-corrected chi connectivity index (χ4v) is 3.39. The highest BCUT2D eigenvalue weighted by atomic mass is 32.2. The van der Waals surface area contributed by atoms with Gasteiger partial charge in [0.1, 0.15) is 11.0 Å². The van der Waals surface area contributed by atoms with Crippen molar-refractivity contribution in [3.8, 4) is 0 Å². The van der Waals surface area contributed by atoms with Crippen molar-refractivity contribution in [2.24, 2.45) is 5.73 Å². The van der Waals surface area contributed by atoms with Crippen LogP contribution in [0.4, 0.5) is 0 Å². The second-order valence-electron chi connectivity index (χ2n) is 4.60. The van der Waals surface area contributed by atoms with E-state index in [4.69, 9.17) is 10.5 Å². The number of hydrogen-bond acceptors (Lipinski definition) is 5. The zero-order chi connectivity index (χ0) is 13.1. The summed E-state index contributed by atoms with van der Waals surface area (Å²) >= 11 is 0. The van der Waals surface area contributed by atoms with Gasteiger partial charge in [-0.05, 0) is 20.3 Å². The molecule has 0 saturated carbocycles. The predicted molar refractivity (Wildman–Crippen MR) is 64.3 cm³/mol. The minimum atomic E-state index is -3.54. The maximum Gasteiger partial charge on any atom is 0.235 e. The van der Waals surface area contributed by atoms with Gasteiger partial charge in [-0.3, -0.25) is 4.79 Å². The van der Waals surface area contributed by atoms with Crippen molar-refractivity contribution in [1.29, 1.82) is 0 Å². The Bertz CT molecular complexity index is 367. The second kappa shape index (κ2) is 5.79. The van der Waals surface area contributed by atoms with E-state index in [-0.39, 0.29) is 12.6 Å². The molecular formula is C10H20N2O4S. The third kappa shape index (κ3) is 4.25. The van der Waals surface area contributed by atoms with Gasteiger partial charge in [-0.1, -0.05) is 0 Å². The molecule has 1 rings (SSSR count). The van der Waals surface area contributed by atoms with Gasteiger partial charge in [0.05, 0.1) is 6.61 Å². The van der Waals surface area contributed by atoms with Crippen molar-refractivity contribution < 1.29 is 17.9 Å². The summed E-state index contributed by atoms with van der Waals surface area (Å²) in [7, 11) is -3.54. The highest BCUT2D eigenvalue weighted by Crippen LogP contribution is 2.14. The van der Waals surface area contributed by atoms with Crippen molar-refractivity contribution in [3.05, 3.63) is 0 Å². The Labute approximate surface area is 102 Å². The molecule has 1 saturated heterocycles. The minimum Gasteiger partial charge on any atom is -0.380 e. The standard InChI is InChI=1S/C10H20N2O4S/c1-7(2)12-10(13)6-17(14,15)9-5-16-4-3-8(9)11/h7-9H,3-6,11H2,1-2H3,(H,12,13). The largest absolute Gasteiger partial charge is 0.380 e. The van der Waals surface area contributed by atoms with Crippen LogP contribution in [0.15, 0.2) is 0 Å². The lowest BCUT2D eigenvalue weighted by Gasteiger charge is -2.28. The van der Waals surface area contributed by atoms with E-state index in [1.165, 1.54) is 0 Å². The number of carbonyl (C=O) groups excluding carboxylic acids is 1. The van der Waals surface area contributed by atoms with E-state index in [0.717, 1.165) is 0 Å². The summed E-state index contributed by atoms with van der Waals surface area (Å²) in [5, 5.41) is 1.78. The number of rotatable bonds is 4. The van der Waals surface area contributed by atoms with Crippen molar-refractivity contribution in [2.75, 3.05) is 19.0 Å². The lowest BCUT2D eigenvalue weighted by atomic mass is 10.1. The van der Waals surface area contributed by atoms with Gasteiger partial charge in [0, 0.05) is 18.7 Å². The normalized spacial score (nSPS) is 25.9. The molecule has 1 fully saturated rings. The maximum atomic E-state index is 12.0. The van der Waals surface area contributed by atoms with Crippen LogP contribution in [-0.2, 0) is 19.4 Å². The topological polar surface area (TPSA) is 98.5 Å². The molecule has 17 heavy (non-hydrogen) atoms. The van der Waals surface area contributed by atoms with E-state index in [1.54, 1.807) is 13.8 Å². The summed E-state index contributed by atoms with van der Waals surface area (Å²) in [6.07, 6.45) is 0.510. The first kappa shape index (κ1) is 14.4. The first-order valence-corrected chi connectivity index (χ1v) is 7.38. The lowest BCUT2D eigenvalue weighted by molar-refractivity contribution is -0.119. The minimum absolute atomic E-state index is 0.0750. The summed E-state index contributed by atoms with van der Waals surface area (Å²) < 4.78 is 29.0. The smallest absolute Gasteiger partial charge is 0.235 e. The van der Waals surface area contributed by atoms with E-state index in [0.29, 0.717) is 13.0 Å². The van der Waals surface area contributed by atoms with E-state index >= 15 is 0 Å². The number of carbonyl (C=O) groups is 1. The average Bonchev–Trinajstić information content (AvgIpc) is 2.15.